The molecule has 7 heteroatoms. The average molecular weight is 229 g/mol. The Bertz CT molecular complexity index is 223. The summed E-state index contributed by atoms with van der Waals surface area (Å²) in [6.07, 6.45) is -4.88. The zero-order chi connectivity index (χ0) is 12.3. The van der Waals surface area contributed by atoms with E-state index in [0.29, 0.717) is 11.0 Å². The van der Waals surface area contributed by atoms with Gasteiger partial charge in [-0.15, -0.1) is 0 Å². The molecule has 0 fully saturated rings. The average Bonchev–Trinajstić information content (AvgIpc) is 1.98. The third-order valence-electron chi connectivity index (χ3n) is 1.58. The zero-order valence-corrected chi connectivity index (χ0v) is 9.26. The number of nitrogens with zero attached hydrogens (tertiary/aromatic N) is 2. The van der Waals surface area contributed by atoms with Crippen molar-refractivity contribution in [1.82, 2.24) is 5.06 Å². The number of alkyl halides is 3. The predicted molar refractivity (Wildman–Crippen MR) is 47.7 cm³/mol. The highest BCUT2D eigenvalue weighted by Crippen LogP contribution is 2.17. The van der Waals surface area contributed by atoms with Gasteiger partial charge in [-0.1, -0.05) is 0 Å². The topological polar surface area (TPSA) is 29.5 Å². The fraction of sp³-hybridized carbons (Fsp3) is 0.875. The lowest BCUT2D eigenvalue weighted by molar-refractivity contribution is -0.871. The summed E-state index contributed by atoms with van der Waals surface area (Å²) in [4.78, 5) is 15.2. The molecule has 0 saturated carbocycles. The van der Waals surface area contributed by atoms with E-state index in [2.05, 4.69) is 4.84 Å². The van der Waals surface area contributed by atoms with Crippen molar-refractivity contribution < 1.29 is 27.3 Å². The van der Waals surface area contributed by atoms with Crippen molar-refractivity contribution in [1.29, 1.82) is 0 Å². The Morgan fingerprint density at radius 1 is 1.33 bits per heavy atom. The lowest BCUT2D eigenvalue weighted by Gasteiger charge is -2.25. The smallest absolute Gasteiger partial charge is 0.329 e. The molecule has 0 aromatic heterocycles. The first kappa shape index (κ1) is 14.2. The molecule has 0 bridgehead atoms. The Labute approximate surface area is 86.7 Å². The van der Waals surface area contributed by atoms with Gasteiger partial charge in [-0.3, -0.25) is 9.63 Å². The van der Waals surface area contributed by atoms with Gasteiger partial charge >= 0.3 is 12.1 Å². The summed E-state index contributed by atoms with van der Waals surface area (Å²) in [5.74, 6) is -2.00. The van der Waals surface area contributed by atoms with Crippen LogP contribution in [-0.4, -0.2) is 63.0 Å². The number of halogens is 3. The number of hydrogen-bond donors (Lipinski definition) is 0. The second kappa shape index (κ2) is 4.80. The standard InChI is InChI=1S/C8H16F3N2O2/c1-12(7(14)8(9,10)11)15-6-5-13(2,3)4/h5-6H2,1-4H3/q+1. The van der Waals surface area contributed by atoms with Gasteiger partial charge in [-0.05, 0) is 0 Å². The monoisotopic (exact) mass is 229 g/mol. The van der Waals surface area contributed by atoms with E-state index in [-0.39, 0.29) is 11.7 Å². The molecule has 15 heavy (non-hydrogen) atoms. The van der Waals surface area contributed by atoms with Crippen LogP contribution in [0.5, 0.6) is 0 Å². The molecule has 0 aliphatic carbocycles. The minimum Gasteiger partial charge on any atom is -0.329 e. The Kier molecular flexibility index (Phi) is 4.54. The molecule has 0 aromatic carbocycles. The minimum atomic E-state index is -4.88. The molecule has 0 N–H and O–H groups in total. The zero-order valence-electron chi connectivity index (χ0n) is 9.26. The number of rotatable bonds is 4. The number of quaternary nitrogens is 1. The van der Waals surface area contributed by atoms with Gasteiger partial charge in [0.2, 0.25) is 0 Å². The molecule has 0 radical (unpaired) electrons. The molecule has 0 aliphatic rings. The van der Waals surface area contributed by atoms with E-state index in [0.717, 1.165) is 7.05 Å². The Hall–Kier alpha value is -0.820. The summed E-state index contributed by atoms with van der Waals surface area (Å²) in [5, 5.41) is 0.218. The van der Waals surface area contributed by atoms with E-state index in [4.69, 9.17) is 0 Å². The van der Waals surface area contributed by atoms with E-state index in [1.54, 1.807) is 0 Å². The van der Waals surface area contributed by atoms with Crippen LogP contribution in [0.3, 0.4) is 0 Å². The summed E-state index contributed by atoms with van der Waals surface area (Å²) < 4.78 is 36.2. The summed E-state index contributed by atoms with van der Waals surface area (Å²) in [7, 11) is 6.56. The summed E-state index contributed by atoms with van der Waals surface area (Å²) in [6, 6.07) is 0. The quantitative estimate of drug-likeness (QED) is 0.523. The molecule has 0 spiro atoms. The normalized spacial score (nSPS) is 12.7. The van der Waals surface area contributed by atoms with Gasteiger partial charge in [-0.2, -0.15) is 13.2 Å². The molecule has 0 unspecified atom stereocenters. The van der Waals surface area contributed by atoms with E-state index >= 15 is 0 Å². The molecule has 0 heterocycles. The largest absolute Gasteiger partial charge is 0.473 e. The fourth-order valence-corrected chi connectivity index (χ4v) is 0.689. The highest BCUT2D eigenvalue weighted by Gasteiger charge is 2.42. The molecule has 0 saturated heterocycles. The van der Waals surface area contributed by atoms with Crippen LogP contribution in [-0.2, 0) is 9.63 Å². The number of amides is 1. The lowest BCUT2D eigenvalue weighted by Crippen LogP contribution is -2.42. The lowest BCUT2D eigenvalue weighted by atomic mass is 10.5. The van der Waals surface area contributed by atoms with Crippen molar-refractivity contribution in [3.63, 3.8) is 0 Å². The maximum atomic E-state index is 11.9. The van der Waals surface area contributed by atoms with Gasteiger partial charge in [0.15, 0.2) is 0 Å². The molecule has 90 valence electrons. The van der Waals surface area contributed by atoms with E-state index < -0.39 is 12.1 Å². The van der Waals surface area contributed by atoms with Crippen molar-refractivity contribution in [2.75, 3.05) is 41.3 Å². The van der Waals surface area contributed by atoms with E-state index in [9.17, 15) is 18.0 Å². The Balaban J connectivity index is 3.96. The molecular formula is C8H16F3N2O2+. The second-order valence-electron chi connectivity index (χ2n) is 4.15. The van der Waals surface area contributed by atoms with E-state index in [1.165, 1.54) is 0 Å². The van der Waals surface area contributed by atoms with Crippen LogP contribution in [0, 0.1) is 0 Å². The minimum absolute atomic E-state index is 0.0574. The van der Waals surface area contributed by atoms with Gasteiger partial charge in [0.05, 0.1) is 21.1 Å². The number of hydrogen-bond acceptors (Lipinski definition) is 2. The van der Waals surface area contributed by atoms with Crippen LogP contribution in [0.4, 0.5) is 13.2 Å². The summed E-state index contributed by atoms with van der Waals surface area (Å²) in [6.45, 7) is 0.567. The van der Waals surface area contributed by atoms with Crippen LogP contribution in [0.1, 0.15) is 0 Å². The van der Waals surface area contributed by atoms with Crippen molar-refractivity contribution in [2.24, 2.45) is 0 Å². The van der Waals surface area contributed by atoms with Gasteiger partial charge in [-0.25, -0.2) is 5.06 Å². The first-order valence-electron chi connectivity index (χ1n) is 4.32. The molecule has 0 aliphatic heterocycles. The van der Waals surface area contributed by atoms with Crippen LogP contribution in [0.25, 0.3) is 0 Å². The third kappa shape index (κ3) is 6.29. The molecule has 0 rings (SSSR count). The third-order valence-corrected chi connectivity index (χ3v) is 1.58. The van der Waals surface area contributed by atoms with Gasteiger partial charge in [0, 0.05) is 7.05 Å². The van der Waals surface area contributed by atoms with Crippen LogP contribution >= 0.6 is 0 Å². The number of carbonyl (C=O) groups is 1. The van der Waals surface area contributed by atoms with Crippen molar-refractivity contribution in [3.8, 4) is 0 Å². The summed E-state index contributed by atoms with van der Waals surface area (Å²) in [5.41, 5.74) is 0. The van der Waals surface area contributed by atoms with Gasteiger partial charge < -0.3 is 4.48 Å². The van der Waals surface area contributed by atoms with Crippen LogP contribution in [0.15, 0.2) is 0 Å². The molecule has 4 nitrogen and oxygen atoms in total. The van der Waals surface area contributed by atoms with E-state index in [1.807, 2.05) is 21.1 Å². The number of hydroxylamine groups is 2. The van der Waals surface area contributed by atoms with Crippen molar-refractivity contribution >= 4 is 5.91 Å². The Morgan fingerprint density at radius 2 is 1.80 bits per heavy atom. The fourth-order valence-electron chi connectivity index (χ4n) is 0.689. The Morgan fingerprint density at radius 3 is 2.13 bits per heavy atom. The molecule has 0 atom stereocenters. The first-order chi connectivity index (χ1) is 6.54. The maximum Gasteiger partial charge on any atom is 0.473 e. The van der Waals surface area contributed by atoms with Gasteiger partial charge in [0.25, 0.3) is 0 Å². The van der Waals surface area contributed by atoms with Crippen molar-refractivity contribution in [3.05, 3.63) is 0 Å². The van der Waals surface area contributed by atoms with Crippen molar-refractivity contribution in [2.45, 2.75) is 6.18 Å². The highest BCUT2D eigenvalue weighted by molar-refractivity contribution is 5.80. The SMILES string of the molecule is CN(OCC[N+](C)(C)C)C(=O)C(F)(F)F. The number of carbonyl (C=O) groups excluding carboxylic acids is 1. The highest BCUT2D eigenvalue weighted by atomic mass is 19.4. The second-order valence-corrected chi connectivity index (χ2v) is 4.15. The first-order valence-corrected chi connectivity index (χ1v) is 4.32. The van der Waals surface area contributed by atoms with Crippen LogP contribution < -0.4 is 0 Å². The molecular weight excluding hydrogens is 213 g/mol. The molecule has 1 amide bonds. The van der Waals surface area contributed by atoms with Gasteiger partial charge in [0.1, 0.15) is 13.2 Å². The predicted octanol–water partition coefficient (Wildman–Crippen LogP) is 0.645. The molecule has 0 aromatic rings. The maximum absolute atomic E-state index is 11.9. The van der Waals surface area contributed by atoms with Crippen LogP contribution in [0.2, 0.25) is 0 Å². The summed E-state index contributed by atoms with van der Waals surface area (Å²) >= 11 is 0. The number of likely N-dealkylation sites (N-methyl/N-ethyl adjacent to an activating group) is 1.